The number of rotatable bonds is 4. The largest absolute Gasteiger partial charge is 0.508 e. The topological polar surface area (TPSA) is 158 Å². The number of hydrogen-bond acceptors (Lipinski definition) is 10. The number of phenols is 1. The predicted octanol–water partition coefficient (Wildman–Crippen LogP) is -2.33. The summed E-state index contributed by atoms with van der Waals surface area (Å²) in [6.45, 7) is -0.423. The van der Waals surface area contributed by atoms with E-state index in [1.807, 2.05) is 0 Å². The van der Waals surface area contributed by atoms with Gasteiger partial charge in [-0.15, -0.1) is 0 Å². The molecule has 10 nitrogen and oxygen atoms in total. The van der Waals surface area contributed by atoms with Crippen LogP contribution in [-0.2, 0) is 14.2 Å². The number of aliphatic hydroxyl groups is 5. The van der Waals surface area contributed by atoms with Crippen molar-refractivity contribution < 1.29 is 49.6 Å². The van der Waals surface area contributed by atoms with Crippen LogP contribution in [0.4, 0.5) is 0 Å². The molecule has 0 bridgehead atoms. The summed E-state index contributed by atoms with van der Waals surface area (Å²) in [6, 6.07) is 5.74. The summed E-state index contributed by atoms with van der Waals surface area (Å²) < 4.78 is 21.3. The lowest BCUT2D eigenvalue weighted by Crippen LogP contribution is -2.60. The van der Waals surface area contributed by atoms with Crippen molar-refractivity contribution in [2.24, 2.45) is 0 Å². The van der Waals surface area contributed by atoms with Crippen molar-refractivity contribution in [3.63, 3.8) is 0 Å². The highest BCUT2D eigenvalue weighted by molar-refractivity contribution is 5.30. The number of aliphatic hydroxyl groups excluding tert-OH is 5. The Labute approximate surface area is 148 Å². The molecule has 2 fully saturated rings. The first kappa shape index (κ1) is 19.3. The van der Waals surface area contributed by atoms with Gasteiger partial charge in [-0.05, 0) is 24.3 Å². The highest BCUT2D eigenvalue weighted by Gasteiger charge is 2.45. The molecule has 0 spiro atoms. The second kappa shape index (κ2) is 8.03. The van der Waals surface area contributed by atoms with Crippen LogP contribution in [0.25, 0.3) is 0 Å². The van der Waals surface area contributed by atoms with Crippen molar-refractivity contribution in [2.75, 3.05) is 13.2 Å². The fraction of sp³-hybridized carbons (Fsp3) is 0.625. The van der Waals surface area contributed by atoms with Crippen LogP contribution in [0, 0.1) is 0 Å². The summed E-state index contributed by atoms with van der Waals surface area (Å²) >= 11 is 0. The van der Waals surface area contributed by atoms with E-state index in [9.17, 15) is 30.6 Å². The Morgan fingerprint density at radius 2 is 1.38 bits per heavy atom. The van der Waals surface area contributed by atoms with Gasteiger partial charge in [0.05, 0.1) is 13.2 Å². The average Bonchev–Trinajstić information content (AvgIpc) is 2.63. The average molecular weight is 374 g/mol. The molecule has 0 radical (unpaired) electrons. The molecule has 0 unspecified atom stereocenters. The summed E-state index contributed by atoms with van der Waals surface area (Å²) in [4.78, 5) is 0. The van der Waals surface area contributed by atoms with E-state index in [1.54, 1.807) is 0 Å². The monoisotopic (exact) mass is 374 g/mol. The van der Waals surface area contributed by atoms with Gasteiger partial charge in [0, 0.05) is 0 Å². The molecule has 2 heterocycles. The van der Waals surface area contributed by atoms with E-state index in [1.165, 1.54) is 24.3 Å². The third-order valence-corrected chi connectivity index (χ3v) is 4.29. The summed E-state index contributed by atoms with van der Waals surface area (Å²) in [5, 5.41) is 58.6. The lowest BCUT2D eigenvalue weighted by Gasteiger charge is -2.41. The van der Waals surface area contributed by atoms with Gasteiger partial charge in [0.1, 0.15) is 48.1 Å². The summed E-state index contributed by atoms with van der Waals surface area (Å²) in [5.74, 6) is 0.371. The van der Waals surface area contributed by atoms with Gasteiger partial charge in [-0.25, -0.2) is 0 Å². The Bertz CT molecular complexity index is 581. The van der Waals surface area contributed by atoms with E-state index in [4.69, 9.17) is 18.9 Å². The minimum absolute atomic E-state index is 0.0503. The second-order valence-electron chi connectivity index (χ2n) is 6.22. The van der Waals surface area contributed by atoms with Gasteiger partial charge in [0.2, 0.25) is 6.29 Å². The van der Waals surface area contributed by atoms with E-state index >= 15 is 0 Å². The minimum Gasteiger partial charge on any atom is -0.508 e. The first-order valence-corrected chi connectivity index (χ1v) is 8.11. The third kappa shape index (κ3) is 4.08. The third-order valence-electron chi connectivity index (χ3n) is 4.29. The van der Waals surface area contributed by atoms with Gasteiger partial charge in [-0.1, -0.05) is 0 Å². The SMILES string of the molecule is Oc1ccc(O[C@@H]2OC[C@@H](O[C@@H]3OC[C@@H](O)[C@H](O)[C@H]3O)[C@H](O)[C@H]2O)cc1. The maximum Gasteiger partial charge on any atom is 0.228 e. The van der Waals surface area contributed by atoms with Crippen LogP contribution in [0.1, 0.15) is 0 Å². The summed E-state index contributed by atoms with van der Waals surface area (Å²) in [5.41, 5.74) is 0. The fourth-order valence-electron chi connectivity index (χ4n) is 2.72. The van der Waals surface area contributed by atoms with Crippen LogP contribution < -0.4 is 4.74 Å². The first-order chi connectivity index (χ1) is 12.4. The number of ether oxygens (including phenoxy) is 4. The first-order valence-electron chi connectivity index (χ1n) is 8.11. The quantitative estimate of drug-likeness (QED) is 0.338. The number of aromatic hydroxyl groups is 1. The molecule has 3 rings (SSSR count). The van der Waals surface area contributed by atoms with Gasteiger partial charge in [-0.3, -0.25) is 0 Å². The molecule has 146 valence electrons. The van der Waals surface area contributed by atoms with Crippen molar-refractivity contribution in [1.29, 1.82) is 0 Å². The van der Waals surface area contributed by atoms with E-state index in [0.717, 1.165) is 0 Å². The molecule has 6 N–H and O–H groups in total. The van der Waals surface area contributed by atoms with Crippen LogP contribution in [-0.4, -0.2) is 93.1 Å². The van der Waals surface area contributed by atoms with Crippen LogP contribution in [0.5, 0.6) is 11.5 Å². The Hall–Kier alpha value is -1.50. The molecule has 0 aromatic heterocycles. The zero-order chi connectivity index (χ0) is 18.8. The van der Waals surface area contributed by atoms with E-state index in [-0.39, 0.29) is 19.0 Å². The van der Waals surface area contributed by atoms with Crippen LogP contribution >= 0.6 is 0 Å². The zero-order valence-corrected chi connectivity index (χ0v) is 13.7. The van der Waals surface area contributed by atoms with Crippen molar-refractivity contribution >= 4 is 0 Å². The Balaban J connectivity index is 1.57. The lowest BCUT2D eigenvalue weighted by molar-refractivity contribution is -0.320. The van der Waals surface area contributed by atoms with Crippen molar-refractivity contribution in [2.45, 2.75) is 49.2 Å². The summed E-state index contributed by atoms with van der Waals surface area (Å²) in [6.07, 6.45) is -10.6. The van der Waals surface area contributed by atoms with Gasteiger partial charge in [-0.2, -0.15) is 0 Å². The van der Waals surface area contributed by atoms with E-state index in [0.29, 0.717) is 5.75 Å². The molecular formula is C16H22O10. The van der Waals surface area contributed by atoms with E-state index < -0.39 is 49.2 Å². The molecule has 0 amide bonds. The van der Waals surface area contributed by atoms with Crippen LogP contribution in [0.2, 0.25) is 0 Å². The van der Waals surface area contributed by atoms with Crippen molar-refractivity contribution in [3.8, 4) is 11.5 Å². The molecule has 2 aliphatic rings. The second-order valence-corrected chi connectivity index (χ2v) is 6.22. The zero-order valence-electron chi connectivity index (χ0n) is 13.7. The van der Waals surface area contributed by atoms with Gasteiger partial charge in [0.15, 0.2) is 6.29 Å². The normalized spacial score (nSPS) is 41.0. The summed E-state index contributed by atoms with van der Waals surface area (Å²) in [7, 11) is 0. The number of hydrogen-bond donors (Lipinski definition) is 6. The lowest BCUT2D eigenvalue weighted by atomic mass is 10.0. The molecule has 0 aliphatic carbocycles. The molecule has 1 aromatic rings. The predicted molar refractivity (Wildman–Crippen MR) is 83.1 cm³/mol. The Morgan fingerprint density at radius 1 is 0.769 bits per heavy atom. The molecule has 2 aliphatic heterocycles. The van der Waals surface area contributed by atoms with Crippen LogP contribution in [0.15, 0.2) is 24.3 Å². The minimum atomic E-state index is -1.52. The van der Waals surface area contributed by atoms with Crippen molar-refractivity contribution in [1.82, 2.24) is 0 Å². The molecule has 2 saturated heterocycles. The smallest absolute Gasteiger partial charge is 0.228 e. The highest BCUT2D eigenvalue weighted by Crippen LogP contribution is 2.26. The standard InChI is InChI=1S/C16H22O10/c17-7-1-3-8(4-2-7)25-15-14(22)12(20)10(6-24-15)26-16-13(21)11(19)9(18)5-23-16/h1-4,9-22H,5-6H2/t9-,10-,11+,12+,13-,14-,15+,16+/m1/s1. The molecule has 1 aromatic carbocycles. The fourth-order valence-corrected chi connectivity index (χ4v) is 2.72. The number of phenolic OH excluding ortho intramolecular Hbond substituents is 1. The maximum absolute atomic E-state index is 10.2. The van der Waals surface area contributed by atoms with Crippen LogP contribution in [0.3, 0.4) is 0 Å². The van der Waals surface area contributed by atoms with Crippen molar-refractivity contribution in [3.05, 3.63) is 24.3 Å². The Morgan fingerprint density at radius 3 is 2.08 bits per heavy atom. The molecular weight excluding hydrogens is 352 g/mol. The molecule has 0 saturated carbocycles. The van der Waals surface area contributed by atoms with E-state index in [2.05, 4.69) is 0 Å². The maximum atomic E-state index is 10.2. The Kier molecular flexibility index (Phi) is 5.95. The number of benzene rings is 1. The highest BCUT2D eigenvalue weighted by atomic mass is 16.7. The van der Waals surface area contributed by atoms with Gasteiger partial charge in [0.25, 0.3) is 0 Å². The van der Waals surface area contributed by atoms with Gasteiger partial charge < -0.3 is 49.6 Å². The molecule has 10 heteroatoms. The molecule has 26 heavy (non-hydrogen) atoms. The van der Waals surface area contributed by atoms with Gasteiger partial charge >= 0.3 is 0 Å². The molecule has 8 atom stereocenters.